The SMILES string of the molecule is Nc1c(Cl)nc(N2CC(CCl)CC2=O)nc1Cl. The molecule has 17 heavy (non-hydrogen) atoms. The van der Waals surface area contributed by atoms with Gasteiger partial charge in [0.25, 0.3) is 0 Å². The van der Waals surface area contributed by atoms with E-state index in [1.54, 1.807) is 0 Å². The van der Waals surface area contributed by atoms with E-state index in [9.17, 15) is 4.79 Å². The number of hydrogen-bond acceptors (Lipinski definition) is 4. The number of carbonyl (C=O) groups excluding carboxylic acids is 1. The zero-order chi connectivity index (χ0) is 12.6. The molecule has 0 radical (unpaired) electrons. The lowest BCUT2D eigenvalue weighted by atomic mass is 10.2. The topological polar surface area (TPSA) is 72.1 Å². The lowest BCUT2D eigenvalue weighted by Gasteiger charge is -2.15. The Hall–Kier alpha value is -0.780. The van der Waals surface area contributed by atoms with Crippen molar-refractivity contribution in [2.45, 2.75) is 6.42 Å². The van der Waals surface area contributed by atoms with Crippen molar-refractivity contribution in [1.29, 1.82) is 0 Å². The molecule has 0 aliphatic carbocycles. The zero-order valence-corrected chi connectivity index (χ0v) is 10.9. The summed E-state index contributed by atoms with van der Waals surface area (Å²) >= 11 is 17.3. The maximum atomic E-state index is 11.7. The second-order valence-corrected chi connectivity index (χ2v) is 4.77. The summed E-state index contributed by atoms with van der Waals surface area (Å²) in [6, 6.07) is 0. The third-order valence-corrected chi connectivity index (χ3v) is 3.52. The van der Waals surface area contributed by atoms with Gasteiger partial charge < -0.3 is 5.73 Å². The minimum atomic E-state index is -0.0902. The van der Waals surface area contributed by atoms with E-state index in [4.69, 9.17) is 40.5 Å². The molecule has 1 aromatic rings. The summed E-state index contributed by atoms with van der Waals surface area (Å²) < 4.78 is 0. The van der Waals surface area contributed by atoms with Gasteiger partial charge in [0.15, 0.2) is 10.3 Å². The average Bonchev–Trinajstić information content (AvgIpc) is 2.67. The maximum Gasteiger partial charge on any atom is 0.235 e. The normalized spacial score (nSPS) is 20.1. The summed E-state index contributed by atoms with van der Waals surface area (Å²) in [7, 11) is 0. The predicted molar refractivity (Wildman–Crippen MR) is 67.6 cm³/mol. The minimum Gasteiger partial charge on any atom is -0.394 e. The fraction of sp³-hybridized carbons (Fsp3) is 0.444. The Kier molecular flexibility index (Phi) is 3.61. The van der Waals surface area contributed by atoms with Gasteiger partial charge in [0.1, 0.15) is 5.69 Å². The minimum absolute atomic E-state index is 0.0436. The van der Waals surface area contributed by atoms with Gasteiger partial charge in [-0.3, -0.25) is 9.69 Å². The van der Waals surface area contributed by atoms with Gasteiger partial charge in [-0.05, 0) is 5.92 Å². The number of amides is 1. The Bertz CT molecular complexity index is 445. The number of halogens is 3. The quantitative estimate of drug-likeness (QED) is 0.669. The van der Waals surface area contributed by atoms with Gasteiger partial charge in [-0.25, -0.2) is 0 Å². The molecular formula is C9H9Cl3N4O. The van der Waals surface area contributed by atoms with Crippen LogP contribution in [-0.4, -0.2) is 28.3 Å². The standard InChI is InChI=1S/C9H9Cl3N4O/c10-2-4-1-5(17)16(3-4)9-14-7(11)6(13)8(12)15-9/h4H,1-3,13H2. The molecule has 1 aliphatic heterocycles. The molecule has 1 atom stereocenters. The first-order valence-electron chi connectivity index (χ1n) is 4.87. The van der Waals surface area contributed by atoms with Crippen molar-refractivity contribution >= 4 is 52.3 Å². The third kappa shape index (κ3) is 2.41. The molecule has 2 heterocycles. The maximum absolute atomic E-state index is 11.7. The first kappa shape index (κ1) is 12.7. The number of aromatic nitrogens is 2. The van der Waals surface area contributed by atoms with Crippen LogP contribution in [0.3, 0.4) is 0 Å². The molecule has 2 rings (SSSR count). The van der Waals surface area contributed by atoms with E-state index >= 15 is 0 Å². The van der Waals surface area contributed by atoms with E-state index in [0.29, 0.717) is 18.8 Å². The summed E-state index contributed by atoms with van der Waals surface area (Å²) in [5.41, 5.74) is 5.63. The highest BCUT2D eigenvalue weighted by Crippen LogP contribution is 2.29. The Morgan fingerprint density at radius 3 is 2.41 bits per heavy atom. The first-order valence-corrected chi connectivity index (χ1v) is 6.16. The number of hydrogen-bond donors (Lipinski definition) is 1. The molecule has 0 saturated carbocycles. The van der Waals surface area contributed by atoms with E-state index < -0.39 is 0 Å². The average molecular weight is 296 g/mol. The monoisotopic (exact) mass is 294 g/mol. The fourth-order valence-electron chi connectivity index (χ4n) is 1.61. The molecule has 1 fully saturated rings. The van der Waals surface area contributed by atoms with Crippen molar-refractivity contribution in [3.05, 3.63) is 10.3 Å². The summed E-state index contributed by atoms with van der Waals surface area (Å²) in [5, 5.41) is 0.0873. The summed E-state index contributed by atoms with van der Waals surface area (Å²) in [6.45, 7) is 0.471. The van der Waals surface area contributed by atoms with Gasteiger partial charge in [0.2, 0.25) is 11.9 Å². The first-order chi connectivity index (χ1) is 8.02. The van der Waals surface area contributed by atoms with Crippen molar-refractivity contribution in [2.24, 2.45) is 5.92 Å². The summed E-state index contributed by atoms with van der Waals surface area (Å²) in [5.74, 6) is 0.598. The molecule has 1 aliphatic rings. The van der Waals surface area contributed by atoms with Crippen LogP contribution in [0.25, 0.3) is 0 Å². The van der Waals surface area contributed by atoms with Crippen LogP contribution in [0.5, 0.6) is 0 Å². The van der Waals surface area contributed by atoms with E-state index in [1.807, 2.05) is 0 Å². The van der Waals surface area contributed by atoms with Crippen LogP contribution in [0.2, 0.25) is 10.3 Å². The molecule has 1 saturated heterocycles. The second kappa shape index (κ2) is 4.84. The number of alkyl halides is 1. The van der Waals surface area contributed by atoms with Crippen molar-refractivity contribution in [3.63, 3.8) is 0 Å². The van der Waals surface area contributed by atoms with E-state index in [-0.39, 0.29) is 33.8 Å². The van der Waals surface area contributed by atoms with E-state index in [0.717, 1.165) is 0 Å². The number of rotatable bonds is 2. The van der Waals surface area contributed by atoms with Gasteiger partial charge in [0.05, 0.1) is 0 Å². The van der Waals surface area contributed by atoms with Crippen LogP contribution in [0.4, 0.5) is 11.6 Å². The number of nitrogens with zero attached hydrogens (tertiary/aromatic N) is 3. The van der Waals surface area contributed by atoms with Crippen molar-refractivity contribution < 1.29 is 4.79 Å². The number of nitrogens with two attached hydrogens (primary N) is 1. The Labute approximate surface area is 113 Å². The number of nitrogen functional groups attached to an aromatic ring is 1. The summed E-state index contributed by atoms with van der Waals surface area (Å²) in [6.07, 6.45) is 0.381. The van der Waals surface area contributed by atoms with Crippen LogP contribution < -0.4 is 10.6 Å². The lowest BCUT2D eigenvalue weighted by molar-refractivity contribution is -0.117. The Morgan fingerprint density at radius 2 is 1.94 bits per heavy atom. The molecule has 92 valence electrons. The molecule has 1 amide bonds. The Balaban J connectivity index is 2.32. The number of anilines is 2. The van der Waals surface area contributed by atoms with E-state index in [1.165, 1.54) is 4.90 Å². The van der Waals surface area contributed by atoms with Crippen LogP contribution in [0, 0.1) is 5.92 Å². The second-order valence-electron chi connectivity index (χ2n) is 3.75. The van der Waals surface area contributed by atoms with Gasteiger partial charge in [-0.2, -0.15) is 9.97 Å². The van der Waals surface area contributed by atoms with Gasteiger partial charge in [-0.1, -0.05) is 23.2 Å². The highest BCUT2D eigenvalue weighted by atomic mass is 35.5. The van der Waals surface area contributed by atoms with E-state index in [2.05, 4.69) is 9.97 Å². The van der Waals surface area contributed by atoms with Crippen LogP contribution in [-0.2, 0) is 4.79 Å². The molecule has 2 N–H and O–H groups in total. The van der Waals surface area contributed by atoms with Crippen LogP contribution >= 0.6 is 34.8 Å². The molecule has 1 unspecified atom stereocenters. The highest BCUT2D eigenvalue weighted by molar-refractivity contribution is 6.37. The molecular weight excluding hydrogens is 286 g/mol. The third-order valence-electron chi connectivity index (χ3n) is 2.51. The molecule has 0 spiro atoms. The van der Waals surface area contributed by atoms with Gasteiger partial charge >= 0.3 is 0 Å². The smallest absolute Gasteiger partial charge is 0.235 e. The molecule has 0 bridgehead atoms. The van der Waals surface area contributed by atoms with Crippen molar-refractivity contribution in [3.8, 4) is 0 Å². The lowest BCUT2D eigenvalue weighted by Crippen LogP contribution is -2.27. The molecule has 0 aromatic carbocycles. The molecule has 5 nitrogen and oxygen atoms in total. The van der Waals surface area contributed by atoms with Gasteiger partial charge in [-0.15, -0.1) is 11.6 Å². The zero-order valence-electron chi connectivity index (χ0n) is 8.66. The Morgan fingerprint density at radius 1 is 1.35 bits per heavy atom. The van der Waals surface area contributed by atoms with Crippen LogP contribution in [0.15, 0.2) is 0 Å². The highest BCUT2D eigenvalue weighted by Gasteiger charge is 2.32. The summed E-state index contributed by atoms with van der Waals surface area (Å²) in [4.78, 5) is 21.0. The molecule has 1 aromatic heterocycles. The predicted octanol–water partition coefficient (Wildman–Crippen LogP) is 1.96. The number of carbonyl (C=O) groups is 1. The van der Waals surface area contributed by atoms with Crippen LogP contribution in [0.1, 0.15) is 6.42 Å². The van der Waals surface area contributed by atoms with Crippen molar-refractivity contribution in [2.75, 3.05) is 23.1 Å². The fourth-order valence-corrected chi connectivity index (χ4v) is 2.19. The van der Waals surface area contributed by atoms with Gasteiger partial charge in [0, 0.05) is 18.8 Å². The van der Waals surface area contributed by atoms with Crippen molar-refractivity contribution in [1.82, 2.24) is 9.97 Å². The largest absolute Gasteiger partial charge is 0.394 e. The molecule has 8 heteroatoms.